The number of aryl methyl sites for hydroxylation is 1. The van der Waals surface area contributed by atoms with E-state index in [0.717, 1.165) is 22.6 Å². The molecule has 0 fully saturated rings. The minimum Gasteiger partial charge on any atom is -0.481 e. The van der Waals surface area contributed by atoms with Crippen LogP contribution >= 0.6 is 11.6 Å². The lowest BCUT2D eigenvalue weighted by molar-refractivity contribution is -0.124. The number of benzene rings is 2. The molecule has 2 aromatic rings. The summed E-state index contributed by atoms with van der Waals surface area (Å²) < 4.78 is 5.75. The normalized spacial score (nSPS) is 18.0. The van der Waals surface area contributed by atoms with Gasteiger partial charge in [0.1, 0.15) is 5.75 Å². The van der Waals surface area contributed by atoms with Crippen molar-refractivity contribution in [1.29, 1.82) is 0 Å². The summed E-state index contributed by atoms with van der Waals surface area (Å²) >= 11 is 6.19. The number of fused-ring (bicyclic) bond motifs is 1. The zero-order chi connectivity index (χ0) is 15.0. The molecular weight excluding hydrogens is 286 g/mol. The number of para-hydroxylation sites is 1. The van der Waals surface area contributed by atoms with Crippen molar-refractivity contribution in [2.75, 3.05) is 4.90 Å². The largest absolute Gasteiger partial charge is 0.481 e. The van der Waals surface area contributed by atoms with E-state index in [4.69, 9.17) is 16.3 Å². The SMILES string of the molecule is Cc1ccc(N2Cc3ccccc3O[C@@H](C)C2=O)cc1Cl. The molecule has 0 spiro atoms. The first-order chi connectivity index (χ1) is 10.1. The molecule has 0 aromatic heterocycles. The number of ether oxygens (including phenoxy) is 1. The third-order valence-corrected chi connectivity index (χ3v) is 4.09. The Morgan fingerprint density at radius 3 is 2.76 bits per heavy atom. The summed E-state index contributed by atoms with van der Waals surface area (Å²) in [4.78, 5) is 14.3. The Labute approximate surface area is 129 Å². The van der Waals surface area contributed by atoms with E-state index < -0.39 is 6.10 Å². The van der Waals surface area contributed by atoms with Crippen molar-refractivity contribution in [3.8, 4) is 5.75 Å². The molecule has 0 radical (unpaired) electrons. The molecule has 4 heteroatoms. The minimum absolute atomic E-state index is 0.0638. The Morgan fingerprint density at radius 1 is 1.24 bits per heavy atom. The Kier molecular flexibility index (Phi) is 3.60. The number of rotatable bonds is 1. The molecule has 0 unspecified atom stereocenters. The topological polar surface area (TPSA) is 29.5 Å². The Bertz CT molecular complexity index is 699. The van der Waals surface area contributed by atoms with E-state index in [1.807, 2.05) is 49.4 Å². The van der Waals surface area contributed by atoms with Crippen LogP contribution in [0.5, 0.6) is 5.75 Å². The molecule has 2 aromatic carbocycles. The summed E-state index contributed by atoms with van der Waals surface area (Å²) in [6.07, 6.45) is -0.520. The molecule has 0 saturated heterocycles. The van der Waals surface area contributed by atoms with Crippen molar-refractivity contribution in [3.05, 3.63) is 58.6 Å². The highest BCUT2D eigenvalue weighted by Gasteiger charge is 2.28. The van der Waals surface area contributed by atoms with Gasteiger partial charge in [-0.15, -0.1) is 0 Å². The van der Waals surface area contributed by atoms with Crippen LogP contribution in [0, 0.1) is 6.92 Å². The molecule has 0 N–H and O–H groups in total. The second-order valence-electron chi connectivity index (χ2n) is 5.23. The van der Waals surface area contributed by atoms with E-state index in [1.54, 1.807) is 11.8 Å². The Balaban J connectivity index is 2.04. The van der Waals surface area contributed by atoms with Gasteiger partial charge in [-0.3, -0.25) is 4.79 Å². The maximum absolute atomic E-state index is 12.6. The van der Waals surface area contributed by atoms with Crippen molar-refractivity contribution >= 4 is 23.2 Å². The summed E-state index contributed by atoms with van der Waals surface area (Å²) in [6.45, 7) is 4.20. The van der Waals surface area contributed by atoms with Gasteiger partial charge >= 0.3 is 0 Å². The van der Waals surface area contributed by atoms with E-state index in [1.165, 1.54) is 0 Å². The molecule has 1 aliphatic rings. The van der Waals surface area contributed by atoms with Crippen LogP contribution in [0.4, 0.5) is 5.69 Å². The molecule has 0 aliphatic carbocycles. The standard InChI is InChI=1S/C17H16ClNO2/c1-11-7-8-14(9-15(11)18)19-10-13-5-3-4-6-16(13)21-12(2)17(19)20/h3-9,12H,10H2,1-2H3/t12-/m0/s1. The Hall–Kier alpha value is -2.00. The van der Waals surface area contributed by atoms with E-state index in [9.17, 15) is 4.79 Å². The van der Waals surface area contributed by atoms with Crippen molar-refractivity contribution in [1.82, 2.24) is 0 Å². The van der Waals surface area contributed by atoms with Gasteiger partial charge in [0, 0.05) is 16.3 Å². The fourth-order valence-corrected chi connectivity index (χ4v) is 2.60. The van der Waals surface area contributed by atoms with Gasteiger partial charge in [-0.25, -0.2) is 0 Å². The maximum Gasteiger partial charge on any atom is 0.268 e. The maximum atomic E-state index is 12.6. The van der Waals surface area contributed by atoms with Gasteiger partial charge in [-0.1, -0.05) is 35.9 Å². The highest BCUT2D eigenvalue weighted by Crippen LogP contribution is 2.30. The zero-order valence-electron chi connectivity index (χ0n) is 12.0. The lowest BCUT2D eigenvalue weighted by Gasteiger charge is -2.22. The fourth-order valence-electron chi connectivity index (χ4n) is 2.43. The number of amides is 1. The van der Waals surface area contributed by atoms with E-state index >= 15 is 0 Å². The molecule has 1 aliphatic heterocycles. The van der Waals surface area contributed by atoms with Crippen LogP contribution in [-0.4, -0.2) is 12.0 Å². The Morgan fingerprint density at radius 2 is 2.00 bits per heavy atom. The van der Waals surface area contributed by atoms with Gasteiger partial charge in [0.05, 0.1) is 6.54 Å². The molecule has 1 heterocycles. The van der Waals surface area contributed by atoms with Crippen molar-refractivity contribution in [2.45, 2.75) is 26.5 Å². The molecule has 108 valence electrons. The van der Waals surface area contributed by atoms with E-state index in [2.05, 4.69) is 0 Å². The van der Waals surface area contributed by atoms with Gasteiger partial charge in [0.25, 0.3) is 5.91 Å². The molecule has 0 bridgehead atoms. The lowest BCUT2D eigenvalue weighted by Crippen LogP contribution is -2.38. The zero-order valence-corrected chi connectivity index (χ0v) is 12.7. The molecular formula is C17H16ClNO2. The third-order valence-electron chi connectivity index (χ3n) is 3.69. The van der Waals surface area contributed by atoms with Gasteiger partial charge in [0.15, 0.2) is 6.10 Å². The number of carbonyl (C=O) groups excluding carboxylic acids is 1. The van der Waals surface area contributed by atoms with Crippen molar-refractivity contribution < 1.29 is 9.53 Å². The monoisotopic (exact) mass is 301 g/mol. The van der Waals surface area contributed by atoms with Gasteiger partial charge in [0.2, 0.25) is 0 Å². The van der Waals surface area contributed by atoms with Crippen LogP contribution < -0.4 is 9.64 Å². The minimum atomic E-state index is -0.520. The average molecular weight is 302 g/mol. The molecule has 0 saturated carbocycles. The van der Waals surface area contributed by atoms with Crippen LogP contribution in [0.3, 0.4) is 0 Å². The number of halogens is 1. The van der Waals surface area contributed by atoms with Crippen LogP contribution in [-0.2, 0) is 11.3 Å². The highest BCUT2D eigenvalue weighted by atomic mass is 35.5. The lowest BCUT2D eigenvalue weighted by atomic mass is 10.1. The van der Waals surface area contributed by atoms with Crippen LogP contribution in [0.15, 0.2) is 42.5 Å². The molecule has 3 rings (SSSR count). The average Bonchev–Trinajstić information content (AvgIpc) is 2.60. The van der Waals surface area contributed by atoms with Crippen LogP contribution in [0.1, 0.15) is 18.1 Å². The molecule has 21 heavy (non-hydrogen) atoms. The summed E-state index contributed by atoms with van der Waals surface area (Å²) in [5.41, 5.74) is 2.78. The number of nitrogens with zero attached hydrogens (tertiary/aromatic N) is 1. The van der Waals surface area contributed by atoms with E-state index in [0.29, 0.717) is 11.6 Å². The predicted molar refractivity (Wildman–Crippen MR) is 83.9 cm³/mol. The summed E-state index contributed by atoms with van der Waals surface area (Å²) in [5.74, 6) is 0.699. The second kappa shape index (κ2) is 5.41. The van der Waals surface area contributed by atoms with Gasteiger partial charge in [-0.05, 0) is 37.6 Å². The molecule has 1 amide bonds. The van der Waals surface area contributed by atoms with Gasteiger partial charge in [-0.2, -0.15) is 0 Å². The number of hydrogen-bond donors (Lipinski definition) is 0. The van der Waals surface area contributed by atoms with E-state index in [-0.39, 0.29) is 5.91 Å². The van der Waals surface area contributed by atoms with Crippen molar-refractivity contribution in [3.63, 3.8) is 0 Å². The van der Waals surface area contributed by atoms with Crippen LogP contribution in [0.2, 0.25) is 5.02 Å². The first kappa shape index (κ1) is 14.0. The summed E-state index contributed by atoms with van der Waals surface area (Å²) in [5, 5.41) is 0.659. The number of carbonyl (C=O) groups is 1. The first-order valence-electron chi connectivity index (χ1n) is 6.88. The molecule has 3 nitrogen and oxygen atoms in total. The summed E-state index contributed by atoms with van der Waals surface area (Å²) in [7, 11) is 0. The highest BCUT2D eigenvalue weighted by molar-refractivity contribution is 6.31. The predicted octanol–water partition coefficient (Wildman–Crippen LogP) is 3.96. The van der Waals surface area contributed by atoms with Crippen molar-refractivity contribution in [2.24, 2.45) is 0 Å². The smallest absolute Gasteiger partial charge is 0.268 e. The fraction of sp³-hybridized carbons (Fsp3) is 0.235. The quantitative estimate of drug-likeness (QED) is 0.798. The second-order valence-corrected chi connectivity index (χ2v) is 5.63. The molecule has 1 atom stereocenters. The third kappa shape index (κ3) is 2.61. The van der Waals surface area contributed by atoms with Crippen LogP contribution in [0.25, 0.3) is 0 Å². The van der Waals surface area contributed by atoms with Gasteiger partial charge < -0.3 is 9.64 Å². The number of anilines is 1. The first-order valence-corrected chi connectivity index (χ1v) is 7.26. The number of hydrogen-bond acceptors (Lipinski definition) is 2. The summed E-state index contributed by atoms with van der Waals surface area (Å²) in [6, 6.07) is 13.4.